The second kappa shape index (κ2) is 7.85. The maximum Gasteiger partial charge on any atom is 0.266 e. The molecule has 0 radical (unpaired) electrons. The van der Waals surface area contributed by atoms with Crippen LogP contribution in [0.2, 0.25) is 0 Å². The van der Waals surface area contributed by atoms with E-state index in [4.69, 9.17) is 0 Å². The first kappa shape index (κ1) is 16.4. The van der Waals surface area contributed by atoms with Crippen LogP contribution in [0.25, 0.3) is 0 Å². The van der Waals surface area contributed by atoms with Gasteiger partial charge < -0.3 is 5.21 Å². The Balaban J connectivity index is 2.05. The molecule has 0 aliphatic carbocycles. The Morgan fingerprint density at radius 3 is 2.73 bits per heavy atom. The van der Waals surface area contributed by atoms with Crippen LogP contribution in [-0.2, 0) is 10.8 Å². The van der Waals surface area contributed by atoms with Crippen LogP contribution < -0.4 is 0 Å². The van der Waals surface area contributed by atoms with E-state index < -0.39 is 16.9 Å². The third kappa shape index (κ3) is 4.78. The molecule has 1 heterocycles. The molecule has 0 aliphatic rings. The van der Waals surface area contributed by atoms with Crippen molar-refractivity contribution in [2.24, 2.45) is 0 Å². The molecule has 2 rings (SSSR count). The van der Waals surface area contributed by atoms with Crippen LogP contribution >= 0.6 is 11.3 Å². The van der Waals surface area contributed by atoms with Gasteiger partial charge in [0.05, 0.1) is 10.8 Å². The number of nitrogens with zero attached hydrogens (tertiary/aromatic N) is 3. The molecule has 1 atom stereocenters. The summed E-state index contributed by atoms with van der Waals surface area (Å²) in [6, 6.07) is 8.53. The highest BCUT2D eigenvalue weighted by atomic mass is 32.2. The maximum atomic E-state index is 11.9. The SMILES string of the molecule is O=S(CCC=C(F)F)c1nnc(/C=[N+](\[O-])c2ccccc2)s1. The number of halogens is 2. The normalized spacial score (nSPS) is 12.9. The predicted molar refractivity (Wildman–Crippen MR) is 81.0 cm³/mol. The molecule has 0 spiro atoms. The van der Waals surface area contributed by atoms with E-state index in [-0.39, 0.29) is 16.5 Å². The highest BCUT2D eigenvalue weighted by Crippen LogP contribution is 2.15. The summed E-state index contributed by atoms with van der Waals surface area (Å²) in [5.41, 5.74) is 0.434. The van der Waals surface area contributed by atoms with Crippen molar-refractivity contribution in [2.75, 3.05) is 5.75 Å². The average Bonchev–Trinajstić information content (AvgIpc) is 2.96. The van der Waals surface area contributed by atoms with Gasteiger partial charge in [-0.25, -0.2) is 0 Å². The van der Waals surface area contributed by atoms with Crippen molar-refractivity contribution < 1.29 is 17.7 Å². The van der Waals surface area contributed by atoms with Crippen LogP contribution in [0.1, 0.15) is 11.4 Å². The van der Waals surface area contributed by atoms with Crippen LogP contribution in [-0.4, -0.2) is 31.1 Å². The lowest BCUT2D eigenvalue weighted by atomic mass is 10.3. The Kier molecular flexibility index (Phi) is 5.84. The van der Waals surface area contributed by atoms with E-state index in [2.05, 4.69) is 10.2 Å². The molecule has 0 aliphatic heterocycles. The van der Waals surface area contributed by atoms with Crippen molar-refractivity contribution in [1.82, 2.24) is 10.2 Å². The maximum absolute atomic E-state index is 11.9. The topological polar surface area (TPSA) is 68.9 Å². The molecule has 22 heavy (non-hydrogen) atoms. The van der Waals surface area contributed by atoms with Crippen molar-refractivity contribution >= 4 is 34.0 Å². The van der Waals surface area contributed by atoms with Gasteiger partial charge in [-0.15, -0.1) is 10.2 Å². The van der Waals surface area contributed by atoms with Crippen LogP contribution in [0.5, 0.6) is 0 Å². The summed E-state index contributed by atoms with van der Waals surface area (Å²) in [7, 11) is -1.51. The van der Waals surface area contributed by atoms with Crippen LogP contribution in [0.3, 0.4) is 0 Å². The standard InChI is InChI=1S/C13H11F2N3O2S2/c14-11(15)7-4-8-22(20)13-17-16-12(21-13)9-18(19)10-5-2-1-3-6-10/h1-3,5-7,9H,4,8H2/b18-9-. The lowest BCUT2D eigenvalue weighted by Gasteiger charge is -2.00. The molecule has 2 aromatic rings. The summed E-state index contributed by atoms with van der Waals surface area (Å²) in [4.78, 5) is 0. The third-order valence-electron chi connectivity index (χ3n) is 2.46. The minimum Gasteiger partial charge on any atom is -0.618 e. The molecule has 5 nitrogen and oxygen atoms in total. The molecule has 9 heteroatoms. The van der Waals surface area contributed by atoms with Crippen molar-refractivity contribution in [1.29, 1.82) is 0 Å². The Morgan fingerprint density at radius 1 is 1.32 bits per heavy atom. The number of rotatable bonds is 6. The highest BCUT2D eigenvalue weighted by molar-refractivity contribution is 7.87. The summed E-state index contributed by atoms with van der Waals surface area (Å²) in [5.74, 6) is 0.0335. The second-order valence-electron chi connectivity index (χ2n) is 4.03. The molecule has 1 aromatic heterocycles. The Labute approximate surface area is 131 Å². The van der Waals surface area contributed by atoms with Crippen molar-refractivity contribution in [3.05, 3.63) is 52.7 Å². The van der Waals surface area contributed by atoms with Crippen LogP contribution in [0.15, 0.2) is 46.8 Å². The zero-order chi connectivity index (χ0) is 15.9. The van der Waals surface area contributed by atoms with Crippen molar-refractivity contribution in [3.8, 4) is 0 Å². The molecule has 1 unspecified atom stereocenters. The third-order valence-corrected chi connectivity index (χ3v) is 4.99. The summed E-state index contributed by atoms with van der Waals surface area (Å²) in [5, 5.41) is 19.7. The zero-order valence-corrected chi connectivity index (χ0v) is 12.8. The minimum atomic E-state index is -1.80. The molecule has 1 aromatic carbocycles. The average molecular weight is 343 g/mol. The van der Waals surface area contributed by atoms with Gasteiger partial charge in [-0.05, 0) is 12.5 Å². The zero-order valence-electron chi connectivity index (χ0n) is 11.2. The fraction of sp³-hybridized carbons (Fsp3) is 0.154. The predicted octanol–water partition coefficient (Wildman–Crippen LogP) is 3.08. The van der Waals surface area contributed by atoms with Crippen molar-refractivity contribution in [2.45, 2.75) is 10.8 Å². The van der Waals surface area contributed by atoms with Gasteiger partial charge in [0.2, 0.25) is 21.2 Å². The molecular weight excluding hydrogens is 332 g/mol. The smallest absolute Gasteiger partial charge is 0.266 e. The number of allylic oxidation sites excluding steroid dienone is 1. The van der Waals surface area contributed by atoms with Gasteiger partial charge in [-0.3, -0.25) is 4.21 Å². The summed E-state index contributed by atoms with van der Waals surface area (Å²) < 4.78 is 36.5. The first-order valence-corrected chi connectivity index (χ1v) is 8.29. The van der Waals surface area contributed by atoms with Gasteiger partial charge in [0.1, 0.15) is 0 Å². The van der Waals surface area contributed by atoms with E-state index in [1.807, 2.05) is 0 Å². The fourth-order valence-electron chi connectivity index (χ4n) is 1.48. The monoisotopic (exact) mass is 343 g/mol. The number of hydrogen-bond acceptors (Lipinski definition) is 5. The largest absolute Gasteiger partial charge is 0.618 e. The van der Waals surface area contributed by atoms with E-state index in [0.717, 1.165) is 11.3 Å². The number of hydrogen-bond donors (Lipinski definition) is 0. The lowest BCUT2D eigenvalue weighted by Crippen LogP contribution is -1.97. The molecule has 0 N–H and O–H groups in total. The Hall–Kier alpha value is -2.00. The minimum absolute atomic E-state index is 0.00866. The first-order valence-electron chi connectivity index (χ1n) is 6.15. The van der Waals surface area contributed by atoms with Gasteiger partial charge >= 0.3 is 0 Å². The summed E-state index contributed by atoms with van der Waals surface area (Å²) >= 11 is 0.995. The lowest BCUT2D eigenvalue weighted by molar-refractivity contribution is -0.354. The van der Waals surface area contributed by atoms with E-state index in [1.54, 1.807) is 30.3 Å². The van der Waals surface area contributed by atoms with Crippen molar-refractivity contribution in [3.63, 3.8) is 0 Å². The van der Waals surface area contributed by atoms with Gasteiger partial charge in [-0.2, -0.15) is 13.5 Å². The molecule has 116 valence electrons. The molecular formula is C13H11F2N3O2S2. The first-order chi connectivity index (χ1) is 10.6. The summed E-state index contributed by atoms with van der Waals surface area (Å²) in [6.07, 6.45) is 0.133. The van der Waals surface area contributed by atoms with Gasteiger partial charge in [0.15, 0.2) is 0 Å². The van der Waals surface area contributed by atoms with E-state index >= 15 is 0 Å². The highest BCUT2D eigenvalue weighted by Gasteiger charge is 2.12. The fourth-order valence-corrected chi connectivity index (χ4v) is 3.48. The van der Waals surface area contributed by atoms with Crippen LogP contribution in [0, 0.1) is 5.21 Å². The van der Waals surface area contributed by atoms with Crippen LogP contribution in [0.4, 0.5) is 14.5 Å². The number of aromatic nitrogens is 2. The quantitative estimate of drug-likeness (QED) is 0.350. The molecule has 0 saturated carbocycles. The second-order valence-corrected chi connectivity index (χ2v) is 6.78. The van der Waals surface area contributed by atoms with Gasteiger partial charge in [0, 0.05) is 17.9 Å². The Bertz CT molecular complexity index is 713. The summed E-state index contributed by atoms with van der Waals surface area (Å²) in [6.45, 7) is 0. The number of benzene rings is 1. The van der Waals surface area contributed by atoms with E-state index in [9.17, 15) is 18.2 Å². The van der Waals surface area contributed by atoms with E-state index in [0.29, 0.717) is 21.5 Å². The van der Waals surface area contributed by atoms with Gasteiger partial charge in [0.25, 0.3) is 6.08 Å². The molecule has 0 amide bonds. The molecule has 0 fully saturated rings. The number of para-hydroxylation sites is 1. The Morgan fingerprint density at radius 2 is 2.05 bits per heavy atom. The molecule has 0 bridgehead atoms. The van der Waals surface area contributed by atoms with Gasteiger partial charge in [-0.1, -0.05) is 29.5 Å². The molecule has 0 saturated heterocycles. The van der Waals surface area contributed by atoms with E-state index in [1.165, 1.54) is 6.21 Å².